The third-order valence-electron chi connectivity index (χ3n) is 6.32. The minimum atomic E-state index is -0.0943. The van der Waals surface area contributed by atoms with E-state index in [9.17, 15) is 4.79 Å². The molecule has 0 unspecified atom stereocenters. The zero-order valence-corrected chi connectivity index (χ0v) is 19.1. The van der Waals surface area contributed by atoms with E-state index in [1.165, 1.54) is 5.56 Å². The number of aromatic nitrogens is 2. The quantitative estimate of drug-likeness (QED) is 0.576. The predicted molar refractivity (Wildman–Crippen MR) is 126 cm³/mol. The maximum atomic E-state index is 12.5. The summed E-state index contributed by atoms with van der Waals surface area (Å²) in [6.45, 7) is 5.89. The van der Waals surface area contributed by atoms with E-state index in [1.807, 2.05) is 38.1 Å². The molecule has 32 heavy (non-hydrogen) atoms. The molecule has 7 heteroatoms. The summed E-state index contributed by atoms with van der Waals surface area (Å²) in [5.74, 6) is 2.97. The highest BCUT2D eigenvalue weighted by molar-refractivity contribution is 6.33. The van der Waals surface area contributed by atoms with E-state index in [4.69, 9.17) is 21.1 Å². The molecule has 1 aromatic heterocycles. The van der Waals surface area contributed by atoms with Crippen LogP contribution in [-0.2, 0) is 6.42 Å². The number of piperidine rings is 1. The average Bonchev–Trinajstić information content (AvgIpc) is 3.22. The van der Waals surface area contributed by atoms with E-state index >= 15 is 0 Å². The van der Waals surface area contributed by atoms with Crippen molar-refractivity contribution in [1.82, 2.24) is 9.55 Å². The van der Waals surface area contributed by atoms with Crippen LogP contribution in [0.4, 0.5) is 5.69 Å². The van der Waals surface area contributed by atoms with Gasteiger partial charge in [-0.2, -0.15) is 0 Å². The van der Waals surface area contributed by atoms with E-state index in [-0.39, 0.29) is 5.56 Å². The molecule has 0 atom stereocenters. The minimum absolute atomic E-state index is 0.0943. The van der Waals surface area contributed by atoms with Gasteiger partial charge in [-0.05, 0) is 74.9 Å². The Morgan fingerprint density at radius 1 is 1.03 bits per heavy atom. The lowest BCUT2D eigenvalue weighted by Gasteiger charge is -2.34. The van der Waals surface area contributed by atoms with Crippen molar-refractivity contribution in [2.24, 2.45) is 5.92 Å². The highest BCUT2D eigenvalue weighted by Gasteiger charge is 2.23. The van der Waals surface area contributed by atoms with Crippen LogP contribution in [0.1, 0.15) is 29.9 Å². The Balaban J connectivity index is 1.26. The molecule has 0 aliphatic carbocycles. The largest absolute Gasteiger partial charge is 0.454 e. The monoisotopic (exact) mass is 451 g/mol. The van der Waals surface area contributed by atoms with Crippen molar-refractivity contribution in [1.29, 1.82) is 0 Å². The zero-order valence-electron chi connectivity index (χ0n) is 18.3. The SMILES string of the molecule is Cc1cc(=O)n(-c2ccc(N3CCC(Cc4ccc5c(c4)OCO5)CC3)c(Cl)c2)c(C)n1. The van der Waals surface area contributed by atoms with E-state index in [1.54, 1.807) is 10.6 Å². The van der Waals surface area contributed by atoms with Crippen LogP contribution in [-0.4, -0.2) is 29.4 Å². The summed E-state index contributed by atoms with van der Waals surface area (Å²) in [6.07, 6.45) is 3.25. The summed E-state index contributed by atoms with van der Waals surface area (Å²) in [6, 6.07) is 13.6. The van der Waals surface area contributed by atoms with Crippen LogP contribution in [0.3, 0.4) is 0 Å². The van der Waals surface area contributed by atoms with Crippen LogP contribution in [0.15, 0.2) is 47.3 Å². The van der Waals surface area contributed by atoms with Crippen LogP contribution in [0.5, 0.6) is 11.5 Å². The van der Waals surface area contributed by atoms with Gasteiger partial charge in [0.25, 0.3) is 5.56 Å². The molecule has 2 aliphatic heterocycles. The summed E-state index contributed by atoms with van der Waals surface area (Å²) >= 11 is 6.67. The number of rotatable bonds is 4. The van der Waals surface area contributed by atoms with E-state index in [0.717, 1.165) is 60.9 Å². The smallest absolute Gasteiger partial charge is 0.258 e. The average molecular weight is 452 g/mol. The molecule has 0 spiro atoms. The molecule has 6 nitrogen and oxygen atoms in total. The number of hydrogen-bond donors (Lipinski definition) is 0. The van der Waals surface area contributed by atoms with Crippen molar-refractivity contribution < 1.29 is 9.47 Å². The van der Waals surface area contributed by atoms with Crippen molar-refractivity contribution in [3.63, 3.8) is 0 Å². The fraction of sp³-hybridized carbons (Fsp3) is 0.360. The zero-order chi connectivity index (χ0) is 22.2. The van der Waals surface area contributed by atoms with Crippen LogP contribution in [0, 0.1) is 19.8 Å². The van der Waals surface area contributed by atoms with Crippen LogP contribution in [0.25, 0.3) is 5.69 Å². The summed E-state index contributed by atoms with van der Waals surface area (Å²) < 4.78 is 12.5. The summed E-state index contributed by atoms with van der Waals surface area (Å²) in [5, 5.41) is 0.656. The fourth-order valence-corrected chi connectivity index (χ4v) is 5.02. The van der Waals surface area contributed by atoms with Gasteiger partial charge in [-0.25, -0.2) is 4.98 Å². The molecule has 0 saturated carbocycles. The molecular formula is C25H26ClN3O3. The first-order valence-electron chi connectivity index (χ1n) is 11.0. The molecule has 0 radical (unpaired) electrons. The van der Waals surface area contributed by atoms with Crippen molar-refractivity contribution >= 4 is 17.3 Å². The lowest BCUT2D eigenvalue weighted by Crippen LogP contribution is -2.34. The Morgan fingerprint density at radius 3 is 2.56 bits per heavy atom. The standard InChI is InChI=1S/C25H26ClN3O3/c1-16-11-25(30)29(17(2)27-16)20-4-5-22(21(26)14-20)28-9-7-18(8-10-28)12-19-3-6-23-24(13-19)32-15-31-23/h3-6,11,13-14,18H,7-10,12,15H2,1-2H3. The molecule has 0 amide bonds. The van der Waals surface area contributed by atoms with Gasteiger partial charge in [0.15, 0.2) is 11.5 Å². The first-order chi connectivity index (χ1) is 15.5. The van der Waals surface area contributed by atoms with Gasteiger partial charge < -0.3 is 14.4 Å². The van der Waals surface area contributed by atoms with Gasteiger partial charge >= 0.3 is 0 Å². The summed E-state index contributed by atoms with van der Waals surface area (Å²) in [5.41, 5.74) is 3.68. The normalized spacial score (nSPS) is 15.9. The third kappa shape index (κ3) is 4.07. The molecule has 5 rings (SSSR count). The number of anilines is 1. The highest BCUT2D eigenvalue weighted by Crippen LogP contribution is 2.35. The Bertz CT molecular complexity index is 1220. The van der Waals surface area contributed by atoms with Crippen LogP contribution >= 0.6 is 11.6 Å². The third-order valence-corrected chi connectivity index (χ3v) is 6.62. The molecule has 0 N–H and O–H groups in total. The summed E-state index contributed by atoms with van der Waals surface area (Å²) in [4.78, 5) is 19.2. The molecule has 1 fully saturated rings. The van der Waals surface area contributed by atoms with E-state index < -0.39 is 0 Å². The van der Waals surface area contributed by atoms with Gasteiger partial charge in [0.1, 0.15) is 5.82 Å². The molecule has 3 aromatic rings. The second-order valence-corrected chi connectivity index (χ2v) is 8.98. The molecule has 0 bridgehead atoms. The Labute approximate surface area is 192 Å². The minimum Gasteiger partial charge on any atom is -0.454 e. The lowest BCUT2D eigenvalue weighted by molar-refractivity contribution is 0.174. The predicted octanol–water partition coefficient (Wildman–Crippen LogP) is 4.69. The number of benzene rings is 2. The van der Waals surface area contributed by atoms with Gasteiger partial charge in [0.05, 0.1) is 16.4 Å². The van der Waals surface area contributed by atoms with Gasteiger partial charge in [-0.15, -0.1) is 0 Å². The maximum absolute atomic E-state index is 12.5. The summed E-state index contributed by atoms with van der Waals surface area (Å²) in [7, 11) is 0. The molecule has 166 valence electrons. The number of nitrogens with zero attached hydrogens (tertiary/aromatic N) is 3. The molecule has 1 saturated heterocycles. The van der Waals surface area contributed by atoms with E-state index in [2.05, 4.69) is 22.0 Å². The molecular weight excluding hydrogens is 426 g/mol. The topological polar surface area (TPSA) is 56.6 Å². The number of aryl methyl sites for hydroxylation is 2. The number of hydrogen-bond acceptors (Lipinski definition) is 5. The van der Waals surface area contributed by atoms with E-state index in [0.29, 0.717) is 23.6 Å². The molecule has 3 heterocycles. The number of halogens is 1. The van der Waals surface area contributed by atoms with Crippen molar-refractivity contribution in [3.05, 3.63) is 74.9 Å². The van der Waals surface area contributed by atoms with Crippen LogP contribution in [0.2, 0.25) is 5.02 Å². The van der Waals surface area contributed by atoms with Gasteiger partial charge in [-0.3, -0.25) is 9.36 Å². The Hall–Kier alpha value is -2.99. The van der Waals surface area contributed by atoms with Crippen molar-refractivity contribution in [3.8, 4) is 17.2 Å². The molecule has 2 aromatic carbocycles. The Morgan fingerprint density at radius 2 is 1.81 bits per heavy atom. The van der Waals surface area contributed by atoms with Gasteiger partial charge in [0.2, 0.25) is 6.79 Å². The van der Waals surface area contributed by atoms with Crippen molar-refractivity contribution in [2.45, 2.75) is 33.1 Å². The number of ether oxygens (including phenoxy) is 2. The van der Waals surface area contributed by atoms with Gasteiger partial charge in [0, 0.05) is 24.8 Å². The highest BCUT2D eigenvalue weighted by atomic mass is 35.5. The van der Waals surface area contributed by atoms with Gasteiger partial charge in [-0.1, -0.05) is 17.7 Å². The van der Waals surface area contributed by atoms with Crippen LogP contribution < -0.4 is 19.9 Å². The maximum Gasteiger partial charge on any atom is 0.258 e. The number of fused-ring (bicyclic) bond motifs is 1. The lowest BCUT2D eigenvalue weighted by atomic mass is 9.90. The first-order valence-corrected chi connectivity index (χ1v) is 11.4. The first kappa shape index (κ1) is 20.9. The fourth-order valence-electron chi connectivity index (χ4n) is 4.72. The Kier molecular flexibility index (Phi) is 5.55. The second-order valence-electron chi connectivity index (χ2n) is 8.58. The second kappa shape index (κ2) is 8.51. The molecule has 2 aliphatic rings. The van der Waals surface area contributed by atoms with Crippen molar-refractivity contribution in [2.75, 3.05) is 24.8 Å².